The van der Waals surface area contributed by atoms with Crippen LogP contribution in [-0.4, -0.2) is 31.4 Å². The number of hydrogen-bond acceptors (Lipinski definition) is 3. The van der Waals surface area contributed by atoms with Crippen molar-refractivity contribution < 1.29 is 9.18 Å². The van der Waals surface area contributed by atoms with Crippen molar-refractivity contribution in [1.82, 2.24) is 4.90 Å². The topological polar surface area (TPSA) is 58.4 Å². The number of benzene rings is 1. The van der Waals surface area contributed by atoms with E-state index in [-0.39, 0.29) is 18.1 Å². The largest absolute Gasteiger partial charge is 0.396 e. The summed E-state index contributed by atoms with van der Waals surface area (Å²) in [7, 11) is 3.58. The molecule has 0 saturated carbocycles. The Morgan fingerprint density at radius 2 is 2.20 bits per heavy atom. The van der Waals surface area contributed by atoms with Crippen LogP contribution in [0.5, 0.6) is 0 Å². The number of hydrogen-bond donors (Lipinski definition) is 2. The molecule has 0 unspecified atom stereocenters. The number of nitrogens with zero attached hydrogens (tertiary/aromatic N) is 1. The lowest BCUT2D eigenvalue weighted by Crippen LogP contribution is -2.27. The van der Waals surface area contributed by atoms with Crippen molar-refractivity contribution in [3.63, 3.8) is 0 Å². The van der Waals surface area contributed by atoms with Gasteiger partial charge in [-0.25, -0.2) is 4.39 Å². The van der Waals surface area contributed by atoms with Crippen LogP contribution in [0.2, 0.25) is 0 Å². The molecule has 1 rings (SSSR count). The maximum atomic E-state index is 12.8. The summed E-state index contributed by atoms with van der Waals surface area (Å²) >= 11 is 0. The van der Waals surface area contributed by atoms with E-state index >= 15 is 0 Å². The summed E-state index contributed by atoms with van der Waals surface area (Å²) in [6.07, 6.45) is 0. The van der Waals surface area contributed by atoms with Crippen LogP contribution in [-0.2, 0) is 4.79 Å². The lowest BCUT2D eigenvalue weighted by atomic mass is 10.2. The molecular formula is C10H14FN3O. The summed E-state index contributed by atoms with van der Waals surface area (Å²) in [5.74, 6) is -0.647. The second kappa shape index (κ2) is 4.75. The van der Waals surface area contributed by atoms with Gasteiger partial charge >= 0.3 is 0 Å². The summed E-state index contributed by atoms with van der Waals surface area (Å²) in [6.45, 7) is 0.275. The zero-order chi connectivity index (χ0) is 11.4. The number of nitrogen functional groups attached to an aromatic ring is 1. The molecule has 3 N–H and O–H groups in total. The van der Waals surface area contributed by atoms with Crippen LogP contribution in [0.25, 0.3) is 0 Å². The third kappa shape index (κ3) is 3.55. The third-order valence-electron chi connectivity index (χ3n) is 1.74. The van der Waals surface area contributed by atoms with Crippen LogP contribution in [0.1, 0.15) is 0 Å². The number of nitrogens with two attached hydrogens (primary N) is 1. The van der Waals surface area contributed by atoms with Gasteiger partial charge in [0.2, 0.25) is 5.91 Å². The number of carbonyl (C=O) groups excluding carboxylic acids is 1. The Morgan fingerprint density at radius 1 is 1.53 bits per heavy atom. The molecule has 0 aliphatic heterocycles. The van der Waals surface area contributed by atoms with E-state index in [2.05, 4.69) is 5.32 Å². The summed E-state index contributed by atoms with van der Waals surface area (Å²) in [4.78, 5) is 13.1. The highest BCUT2D eigenvalue weighted by molar-refractivity contribution is 5.92. The number of carbonyl (C=O) groups is 1. The third-order valence-corrected chi connectivity index (χ3v) is 1.74. The van der Waals surface area contributed by atoms with Crippen molar-refractivity contribution in [1.29, 1.82) is 0 Å². The van der Waals surface area contributed by atoms with Gasteiger partial charge in [0.25, 0.3) is 0 Å². The molecule has 1 amide bonds. The van der Waals surface area contributed by atoms with Gasteiger partial charge < -0.3 is 16.0 Å². The van der Waals surface area contributed by atoms with Gasteiger partial charge in [0, 0.05) is 5.69 Å². The molecule has 1 aromatic rings. The Morgan fingerprint density at radius 3 is 2.73 bits per heavy atom. The van der Waals surface area contributed by atoms with Crippen LogP contribution in [0.15, 0.2) is 18.2 Å². The quantitative estimate of drug-likeness (QED) is 0.730. The van der Waals surface area contributed by atoms with E-state index in [1.54, 1.807) is 19.0 Å². The molecule has 0 bridgehead atoms. The number of likely N-dealkylation sites (N-methyl/N-ethyl adjacent to an activating group) is 1. The molecule has 4 nitrogen and oxygen atoms in total. The number of amides is 1. The first-order valence-corrected chi connectivity index (χ1v) is 4.48. The van der Waals surface area contributed by atoms with E-state index < -0.39 is 5.82 Å². The summed E-state index contributed by atoms with van der Waals surface area (Å²) in [5, 5.41) is 2.61. The van der Waals surface area contributed by atoms with Gasteiger partial charge in [0.05, 0.1) is 12.2 Å². The molecule has 0 radical (unpaired) electrons. The molecule has 0 atom stereocenters. The molecule has 0 aliphatic carbocycles. The Balaban J connectivity index is 2.65. The smallest absolute Gasteiger partial charge is 0.238 e. The summed E-state index contributed by atoms with van der Waals surface area (Å²) in [6, 6.07) is 4.09. The van der Waals surface area contributed by atoms with Crippen molar-refractivity contribution in [2.24, 2.45) is 0 Å². The molecule has 0 saturated heterocycles. The molecule has 82 valence electrons. The van der Waals surface area contributed by atoms with Crippen molar-refractivity contribution in [2.45, 2.75) is 0 Å². The van der Waals surface area contributed by atoms with E-state index in [9.17, 15) is 9.18 Å². The zero-order valence-corrected chi connectivity index (χ0v) is 8.75. The minimum atomic E-state index is -0.486. The molecule has 5 heteroatoms. The van der Waals surface area contributed by atoms with Crippen LogP contribution in [0.4, 0.5) is 15.8 Å². The Hall–Kier alpha value is -1.62. The second-order valence-corrected chi connectivity index (χ2v) is 3.52. The minimum absolute atomic E-state index is 0.0256. The van der Waals surface area contributed by atoms with Gasteiger partial charge in [-0.3, -0.25) is 4.79 Å². The molecule has 15 heavy (non-hydrogen) atoms. The van der Waals surface area contributed by atoms with Gasteiger partial charge in [-0.2, -0.15) is 0 Å². The number of halogens is 1. The summed E-state index contributed by atoms with van der Waals surface area (Å²) in [5.41, 5.74) is 5.89. The highest BCUT2D eigenvalue weighted by atomic mass is 19.1. The standard InChI is InChI=1S/C10H14FN3O/c1-14(2)6-10(15)13-7-3-4-8(11)9(12)5-7/h3-5H,6,12H2,1-2H3,(H,13,15). The maximum Gasteiger partial charge on any atom is 0.238 e. The van der Waals surface area contributed by atoms with E-state index in [4.69, 9.17) is 5.73 Å². The Kier molecular flexibility index (Phi) is 3.62. The summed E-state index contributed by atoms with van der Waals surface area (Å²) < 4.78 is 12.8. The van der Waals surface area contributed by atoms with Gasteiger partial charge in [0.1, 0.15) is 5.82 Å². The molecule has 0 fully saturated rings. The van der Waals surface area contributed by atoms with Crippen LogP contribution < -0.4 is 11.1 Å². The molecule has 0 aliphatic rings. The number of nitrogens with one attached hydrogen (secondary N) is 1. The fourth-order valence-electron chi connectivity index (χ4n) is 1.11. The highest BCUT2D eigenvalue weighted by Crippen LogP contribution is 2.15. The lowest BCUT2D eigenvalue weighted by molar-refractivity contribution is -0.116. The zero-order valence-electron chi connectivity index (χ0n) is 8.75. The molecule has 0 spiro atoms. The molecule has 0 heterocycles. The van der Waals surface area contributed by atoms with Crippen LogP contribution in [0, 0.1) is 5.82 Å². The minimum Gasteiger partial charge on any atom is -0.396 e. The lowest BCUT2D eigenvalue weighted by Gasteiger charge is -2.10. The normalized spacial score (nSPS) is 10.4. The van der Waals surface area contributed by atoms with Crippen LogP contribution in [0.3, 0.4) is 0 Å². The first-order chi connectivity index (χ1) is 6.99. The van der Waals surface area contributed by atoms with Crippen molar-refractivity contribution in [2.75, 3.05) is 31.7 Å². The van der Waals surface area contributed by atoms with Crippen molar-refractivity contribution >= 4 is 17.3 Å². The number of anilines is 2. The van der Waals surface area contributed by atoms with Gasteiger partial charge in [0.15, 0.2) is 0 Å². The van der Waals surface area contributed by atoms with Crippen molar-refractivity contribution in [3.05, 3.63) is 24.0 Å². The van der Waals surface area contributed by atoms with Crippen molar-refractivity contribution in [3.8, 4) is 0 Å². The maximum absolute atomic E-state index is 12.8. The first kappa shape index (κ1) is 11.5. The molecule has 0 aromatic heterocycles. The first-order valence-electron chi connectivity index (χ1n) is 4.48. The fraction of sp³-hybridized carbons (Fsp3) is 0.300. The van der Waals surface area contributed by atoms with E-state index in [1.807, 2.05) is 0 Å². The van der Waals surface area contributed by atoms with Gasteiger partial charge in [-0.05, 0) is 32.3 Å². The Bertz CT molecular complexity index is 366. The van der Waals surface area contributed by atoms with E-state index in [1.165, 1.54) is 18.2 Å². The van der Waals surface area contributed by atoms with E-state index in [0.29, 0.717) is 5.69 Å². The monoisotopic (exact) mass is 211 g/mol. The second-order valence-electron chi connectivity index (χ2n) is 3.52. The predicted octanol–water partition coefficient (Wildman–Crippen LogP) is 0.908. The van der Waals surface area contributed by atoms with Crippen LogP contribution >= 0.6 is 0 Å². The Labute approximate surface area is 87.9 Å². The average Bonchev–Trinajstić information content (AvgIpc) is 2.10. The van der Waals surface area contributed by atoms with Gasteiger partial charge in [-0.15, -0.1) is 0 Å². The average molecular weight is 211 g/mol. The predicted molar refractivity (Wildman–Crippen MR) is 58.0 cm³/mol. The highest BCUT2D eigenvalue weighted by Gasteiger charge is 2.05. The molecule has 1 aromatic carbocycles. The molecular weight excluding hydrogens is 197 g/mol. The van der Waals surface area contributed by atoms with E-state index in [0.717, 1.165) is 0 Å². The SMILES string of the molecule is CN(C)CC(=O)Nc1ccc(F)c(N)c1. The van der Waals surface area contributed by atoms with Gasteiger partial charge in [-0.1, -0.05) is 0 Å². The fourth-order valence-corrected chi connectivity index (χ4v) is 1.11. The number of rotatable bonds is 3.